The Morgan fingerprint density at radius 2 is 1.67 bits per heavy atom. The van der Waals surface area contributed by atoms with Crippen molar-refractivity contribution in [2.75, 3.05) is 32.1 Å². The van der Waals surface area contributed by atoms with Gasteiger partial charge in [0.15, 0.2) is 4.80 Å². The van der Waals surface area contributed by atoms with Crippen LogP contribution in [0.3, 0.4) is 0 Å². The fourth-order valence-corrected chi connectivity index (χ4v) is 6.77. The number of fused-ring (bicyclic) bond motifs is 1. The van der Waals surface area contributed by atoms with Crippen LogP contribution >= 0.6 is 22.9 Å². The second-order valence-electron chi connectivity index (χ2n) is 10.7. The van der Waals surface area contributed by atoms with E-state index in [-0.39, 0.29) is 11.5 Å². The lowest BCUT2D eigenvalue weighted by atomic mass is 9.94. The van der Waals surface area contributed by atoms with Gasteiger partial charge in [0.25, 0.3) is 11.5 Å². The van der Waals surface area contributed by atoms with Crippen molar-refractivity contribution in [1.29, 1.82) is 0 Å². The molecule has 5 rings (SSSR count). The van der Waals surface area contributed by atoms with Gasteiger partial charge in [-0.15, -0.1) is 0 Å². The van der Waals surface area contributed by atoms with Gasteiger partial charge < -0.3 is 14.4 Å². The van der Waals surface area contributed by atoms with Crippen molar-refractivity contribution in [3.05, 3.63) is 113 Å². The molecule has 0 bridgehead atoms. The van der Waals surface area contributed by atoms with Gasteiger partial charge in [-0.1, -0.05) is 35.1 Å². The Kier molecular flexibility index (Phi) is 8.30. The van der Waals surface area contributed by atoms with Crippen LogP contribution in [0.4, 0.5) is 5.69 Å². The standard InChI is InChI=1S/C33H36ClN5O2S/c1-8-37(9-2)32(41)29-21(4)35-33-39(30(29)23-10-12-25(34)13-11-23)31(40)28(42-33)19-24-18-20(3)38(22(24)5)27-16-14-26(15-17-27)36(6)7/h10-19,30H,8-9H2,1-7H3/b28-19-/t30-/m1/s1. The summed E-state index contributed by atoms with van der Waals surface area (Å²) in [6.07, 6.45) is 1.95. The third kappa shape index (κ3) is 5.25. The van der Waals surface area contributed by atoms with Crippen LogP contribution in [0.25, 0.3) is 11.8 Å². The summed E-state index contributed by atoms with van der Waals surface area (Å²) in [6.45, 7) is 11.0. The highest BCUT2D eigenvalue weighted by Gasteiger charge is 2.34. The maximum Gasteiger partial charge on any atom is 0.271 e. The summed E-state index contributed by atoms with van der Waals surface area (Å²) in [5, 5.41) is 0.593. The molecule has 1 amide bonds. The molecule has 42 heavy (non-hydrogen) atoms. The molecule has 3 heterocycles. The van der Waals surface area contributed by atoms with E-state index in [4.69, 9.17) is 16.6 Å². The quantitative estimate of drug-likeness (QED) is 0.291. The number of amides is 1. The van der Waals surface area contributed by atoms with Gasteiger partial charge in [-0.05, 0) is 94.3 Å². The second-order valence-corrected chi connectivity index (χ2v) is 12.1. The molecular weight excluding hydrogens is 566 g/mol. The minimum atomic E-state index is -0.601. The molecule has 0 N–H and O–H groups in total. The zero-order chi connectivity index (χ0) is 30.3. The zero-order valence-electron chi connectivity index (χ0n) is 25.1. The third-order valence-electron chi connectivity index (χ3n) is 7.87. The maximum atomic E-state index is 14.1. The van der Waals surface area contributed by atoms with E-state index in [1.165, 1.54) is 11.3 Å². The minimum Gasteiger partial charge on any atom is -0.378 e. The lowest BCUT2D eigenvalue weighted by Crippen LogP contribution is -2.43. The predicted molar refractivity (Wildman–Crippen MR) is 173 cm³/mol. The topological polar surface area (TPSA) is 62.8 Å². The highest BCUT2D eigenvalue weighted by Crippen LogP contribution is 2.32. The van der Waals surface area contributed by atoms with Crippen LogP contribution in [0.15, 0.2) is 75.7 Å². The first-order chi connectivity index (χ1) is 20.0. The summed E-state index contributed by atoms with van der Waals surface area (Å²) in [5.41, 5.74) is 7.06. The van der Waals surface area contributed by atoms with E-state index in [2.05, 4.69) is 53.6 Å². The van der Waals surface area contributed by atoms with Crippen LogP contribution in [0, 0.1) is 13.8 Å². The average Bonchev–Trinajstić information content (AvgIpc) is 3.42. The third-order valence-corrected chi connectivity index (χ3v) is 9.10. The van der Waals surface area contributed by atoms with E-state index in [1.54, 1.807) is 21.6 Å². The molecule has 4 aromatic rings. The monoisotopic (exact) mass is 601 g/mol. The van der Waals surface area contributed by atoms with E-state index in [9.17, 15) is 9.59 Å². The number of hydrogen-bond donors (Lipinski definition) is 0. The van der Waals surface area contributed by atoms with Crippen molar-refractivity contribution in [2.24, 2.45) is 4.99 Å². The van der Waals surface area contributed by atoms with Crippen molar-refractivity contribution in [3.63, 3.8) is 0 Å². The average molecular weight is 602 g/mol. The smallest absolute Gasteiger partial charge is 0.271 e. The normalized spacial score (nSPS) is 15.0. The van der Waals surface area contributed by atoms with Crippen molar-refractivity contribution in [3.8, 4) is 5.69 Å². The Morgan fingerprint density at radius 1 is 1.02 bits per heavy atom. The SMILES string of the molecule is CCN(CC)C(=O)C1=C(C)N=c2s/c(=C\c3cc(C)n(-c4ccc(N(C)C)cc4)c3C)c(=O)n2[C@@H]1c1ccc(Cl)cc1. The van der Waals surface area contributed by atoms with Crippen LogP contribution in [0.5, 0.6) is 0 Å². The fourth-order valence-electron chi connectivity index (χ4n) is 5.61. The molecule has 0 radical (unpaired) electrons. The number of halogens is 1. The molecule has 0 aliphatic carbocycles. The van der Waals surface area contributed by atoms with E-state index < -0.39 is 6.04 Å². The molecule has 0 saturated heterocycles. The molecule has 2 aromatic heterocycles. The van der Waals surface area contributed by atoms with Crippen molar-refractivity contribution < 1.29 is 4.79 Å². The molecule has 1 aliphatic heterocycles. The second kappa shape index (κ2) is 11.8. The van der Waals surface area contributed by atoms with E-state index in [0.717, 1.165) is 33.9 Å². The number of allylic oxidation sites excluding steroid dienone is 1. The minimum absolute atomic E-state index is 0.112. The Hall–Kier alpha value is -3.88. The van der Waals surface area contributed by atoms with Crippen LogP contribution in [-0.4, -0.2) is 47.1 Å². The Balaban J connectivity index is 1.66. The number of anilines is 1. The summed E-state index contributed by atoms with van der Waals surface area (Å²) < 4.78 is 4.44. The van der Waals surface area contributed by atoms with Gasteiger partial charge in [0.2, 0.25) is 0 Å². The number of benzene rings is 2. The highest BCUT2D eigenvalue weighted by atomic mass is 35.5. The van der Waals surface area contributed by atoms with E-state index >= 15 is 0 Å². The molecule has 0 unspecified atom stereocenters. The molecule has 7 nitrogen and oxygen atoms in total. The van der Waals surface area contributed by atoms with Crippen LogP contribution in [0.2, 0.25) is 5.02 Å². The first-order valence-electron chi connectivity index (χ1n) is 14.1. The van der Waals surface area contributed by atoms with Gasteiger partial charge in [0.05, 0.1) is 21.8 Å². The Bertz CT molecular complexity index is 1860. The number of aryl methyl sites for hydroxylation is 1. The largest absolute Gasteiger partial charge is 0.378 e. The Labute approximate surface area is 255 Å². The predicted octanol–water partition coefficient (Wildman–Crippen LogP) is 5.23. The van der Waals surface area contributed by atoms with Crippen LogP contribution < -0.4 is 19.8 Å². The van der Waals surface area contributed by atoms with Crippen molar-refractivity contribution in [2.45, 2.75) is 40.7 Å². The number of carbonyl (C=O) groups is 1. The number of thiazole rings is 1. The number of hydrogen-bond acceptors (Lipinski definition) is 5. The zero-order valence-corrected chi connectivity index (χ0v) is 26.7. The number of rotatable bonds is 7. The molecule has 2 aromatic carbocycles. The summed E-state index contributed by atoms with van der Waals surface area (Å²) in [7, 11) is 4.05. The van der Waals surface area contributed by atoms with E-state index in [1.807, 2.05) is 53.1 Å². The van der Waals surface area contributed by atoms with Gasteiger partial charge in [0.1, 0.15) is 0 Å². The molecule has 1 aliphatic rings. The van der Waals surface area contributed by atoms with Crippen molar-refractivity contribution in [1.82, 2.24) is 14.0 Å². The molecule has 0 saturated carbocycles. The van der Waals surface area contributed by atoms with Gasteiger partial charge >= 0.3 is 0 Å². The number of likely N-dealkylation sites (N-methyl/N-ethyl adjacent to an activating group) is 1. The molecule has 0 fully saturated rings. The summed E-state index contributed by atoms with van der Waals surface area (Å²) in [6, 6.07) is 17.3. The lowest BCUT2D eigenvalue weighted by Gasteiger charge is -2.29. The number of nitrogens with zero attached hydrogens (tertiary/aromatic N) is 5. The molecule has 9 heteroatoms. The van der Waals surface area contributed by atoms with Gasteiger partial charge in [-0.3, -0.25) is 14.2 Å². The molecular formula is C33H36ClN5O2S. The molecule has 218 valence electrons. The van der Waals surface area contributed by atoms with Crippen LogP contribution in [-0.2, 0) is 4.79 Å². The summed E-state index contributed by atoms with van der Waals surface area (Å²) >= 11 is 7.56. The highest BCUT2D eigenvalue weighted by molar-refractivity contribution is 7.07. The van der Waals surface area contributed by atoms with Gasteiger partial charge in [-0.25, -0.2) is 4.99 Å². The summed E-state index contributed by atoms with van der Waals surface area (Å²) in [5.74, 6) is -0.112. The van der Waals surface area contributed by atoms with Crippen molar-refractivity contribution >= 4 is 40.6 Å². The fraction of sp³-hybridized carbons (Fsp3) is 0.303. The maximum absolute atomic E-state index is 14.1. The number of carbonyl (C=O) groups excluding carboxylic acids is 1. The Morgan fingerprint density at radius 3 is 2.26 bits per heavy atom. The summed E-state index contributed by atoms with van der Waals surface area (Å²) in [4.78, 5) is 37.1. The first kappa shape index (κ1) is 29.6. The van der Waals surface area contributed by atoms with Gasteiger partial charge in [-0.2, -0.15) is 0 Å². The number of aromatic nitrogens is 2. The molecule has 0 spiro atoms. The van der Waals surface area contributed by atoms with Gasteiger partial charge in [0, 0.05) is 55.0 Å². The molecule has 1 atom stereocenters. The van der Waals surface area contributed by atoms with Crippen LogP contribution in [0.1, 0.15) is 49.3 Å². The van der Waals surface area contributed by atoms with E-state index in [0.29, 0.717) is 38.7 Å². The lowest BCUT2D eigenvalue weighted by molar-refractivity contribution is -0.127. The first-order valence-corrected chi connectivity index (χ1v) is 15.3.